The summed E-state index contributed by atoms with van der Waals surface area (Å²) in [6, 6.07) is 0. The zero-order chi connectivity index (χ0) is 9.68. The van der Waals surface area contributed by atoms with Crippen molar-refractivity contribution < 1.29 is 0 Å². The Morgan fingerprint density at radius 3 is 3.15 bits per heavy atom. The molecule has 7 heteroatoms. The van der Waals surface area contributed by atoms with Gasteiger partial charge in [0.1, 0.15) is 0 Å². The number of hydrazone groups is 1. The number of hydrogen-bond donors (Lipinski definition) is 3. The fourth-order valence-electron chi connectivity index (χ4n) is 0.682. The Kier molecular flexibility index (Phi) is 3.35. The molecule has 0 fully saturated rings. The lowest BCUT2D eigenvalue weighted by molar-refractivity contribution is 0.890. The molecule has 0 aliphatic carbocycles. The van der Waals surface area contributed by atoms with Crippen LogP contribution in [0.3, 0.4) is 0 Å². The molecule has 0 saturated carbocycles. The molecule has 4 N–H and O–H groups in total. The van der Waals surface area contributed by atoms with Crippen LogP contribution < -0.4 is 16.7 Å². The van der Waals surface area contributed by atoms with Gasteiger partial charge in [-0.1, -0.05) is 0 Å². The highest BCUT2D eigenvalue weighted by Crippen LogP contribution is 1.87. The van der Waals surface area contributed by atoms with Crippen LogP contribution in [0, 0.1) is 0 Å². The molecule has 1 aromatic rings. The van der Waals surface area contributed by atoms with Crippen LogP contribution >= 0.6 is 12.2 Å². The number of imidazole rings is 1. The van der Waals surface area contributed by atoms with Crippen molar-refractivity contribution in [3.63, 3.8) is 0 Å². The maximum Gasteiger partial charge on any atom is 0.201 e. The zero-order valence-corrected chi connectivity index (χ0v) is 7.88. The van der Waals surface area contributed by atoms with E-state index in [9.17, 15) is 0 Å². The lowest BCUT2D eigenvalue weighted by Gasteiger charge is -1.98. The molecule has 0 saturated heterocycles. The number of nitrogens with zero attached hydrogens (tertiary/aromatic N) is 3. The molecule has 70 valence electrons. The molecule has 0 aliphatic rings. The Morgan fingerprint density at radius 1 is 1.85 bits per heavy atom. The summed E-state index contributed by atoms with van der Waals surface area (Å²) in [6.45, 7) is 0. The number of rotatable bonds is 2. The fourth-order valence-corrected chi connectivity index (χ4v) is 0.735. The third-order valence-corrected chi connectivity index (χ3v) is 1.54. The SMILES string of the molecule is Cn1ccnc1/C=N/NC(=S)NN. The van der Waals surface area contributed by atoms with Crippen molar-refractivity contribution in [2.45, 2.75) is 0 Å². The molecule has 0 atom stereocenters. The van der Waals surface area contributed by atoms with E-state index in [1.165, 1.54) is 0 Å². The second kappa shape index (κ2) is 4.53. The summed E-state index contributed by atoms with van der Waals surface area (Å²) in [6.07, 6.45) is 5.05. The average Bonchev–Trinajstić information content (AvgIpc) is 2.52. The van der Waals surface area contributed by atoms with Gasteiger partial charge in [-0.05, 0) is 12.2 Å². The van der Waals surface area contributed by atoms with Gasteiger partial charge in [-0.3, -0.25) is 10.9 Å². The van der Waals surface area contributed by atoms with Crippen LogP contribution in [0.5, 0.6) is 0 Å². The Labute approximate surface area is 80.8 Å². The lowest BCUT2D eigenvalue weighted by Crippen LogP contribution is -2.37. The summed E-state index contributed by atoms with van der Waals surface area (Å²) in [7, 11) is 1.87. The van der Waals surface area contributed by atoms with Crippen LogP contribution in [0.4, 0.5) is 0 Å². The van der Waals surface area contributed by atoms with Crippen LogP contribution in [0.15, 0.2) is 17.5 Å². The van der Waals surface area contributed by atoms with E-state index < -0.39 is 0 Å². The summed E-state index contributed by atoms with van der Waals surface area (Å²) in [5, 5.41) is 4.06. The molecular weight excluding hydrogens is 188 g/mol. The molecule has 13 heavy (non-hydrogen) atoms. The Balaban J connectivity index is 2.50. The van der Waals surface area contributed by atoms with Crippen molar-refractivity contribution in [2.24, 2.45) is 18.0 Å². The highest BCUT2D eigenvalue weighted by Gasteiger charge is 1.92. The molecule has 1 rings (SSSR count). The van der Waals surface area contributed by atoms with E-state index in [0.717, 1.165) is 5.82 Å². The minimum absolute atomic E-state index is 0.255. The van der Waals surface area contributed by atoms with Crippen LogP contribution in [0.2, 0.25) is 0 Å². The van der Waals surface area contributed by atoms with Gasteiger partial charge in [0.25, 0.3) is 0 Å². The van der Waals surface area contributed by atoms with Gasteiger partial charge in [0.05, 0.1) is 6.21 Å². The van der Waals surface area contributed by atoms with Gasteiger partial charge in [-0.2, -0.15) is 5.10 Å². The quantitative estimate of drug-likeness (QED) is 0.248. The first-order valence-electron chi connectivity index (χ1n) is 3.51. The van der Waals surface area contributed by atoms with Gasteiger partial charge < -0.3 is 4.57 Å². The highest BCUT2D eigenvalue weighted by atomic mass is 32.1. The molecule has 0 aromatic carbocycles. The normalized spacial score (nSPS) is 10.3. The molecule has 0 aliphatic heterocycles. The van der Waals surface area contributed by atoms with Gasteiger partial charge >= 0.3 is 0 Å². The molecule has 1 aromatic heterocycles. The Bertz CT molecular complexity index is 317. The monoisotopic (exact) mass is 198 g/mol. The van der Waals surface area contributed by atoms with Gasteiger partial charge in [-0.25, -0.2) is 10.8 Å². The van der Waals surface area contributed by atoms with Crippen LogP contribution in [-0.2, 0) is 7.05 Å². The maximum atomic E-state index is 5.01. The van der Waals surface area contributed by atoms with E-state index in [2.05, 4.69) is 20.9 Å². The Hall–Kier alpha value is -1.47. The summed E-state index contributed by atoms with van der Waals surface area (Å²) in [5.41, 5.74) is 4.75. The third kappa shape index (κ3) is 2.80. The van der Waals surface area contributed by atoms with E-state index in [-0.39, 0.29) is 5.11 Å². The number of hydrazine groups is 1. The van der Waals surface area contributed by atoms with Crippen molar-refractivity contribution in [1.82, 2.24) is 20.4 Å². The van der Waals surface area contributed by atoms with Gasteiger partial charge in [0, 0.05) is 19.4 Å². The molecule has 0 radical (unpaired) electrons. The second-order valence-electron chi connectivity index (χ2n) is 2.24. The van der Waals surface area contributed by atoms with Gasteiger partial charge in [0.2, 0.25) is 5.11 Å². The maximum absolute atomic E-state index is 5.01. The Morgan fingerprint density at radius 2 is 2.62 bits per heavy atom. The predicted molar refractivity (Wildman–Crippen MR) is 53.9 cm³/mol. The van der Waals surface area contributed by atoms with Crippen molar-refractivity contribution in [1.29, 1.82) is 0 Å². The van der Waals surface area contributed by atoms with E-state index >= 15 is 0 Å². The number of aryl methyl sites for hydroxylation is 1. The highest BCUT2D eigenvalue weighted by molar-refractivity contribution is 7.80. The number of aromatic nitrogens is 2. The number of nitrogens with two attached hydrogens (primary N) is 1. The van der Waals surface area contributed by atoms with Crippen LogP contribution in [0.1, 0.15) is 5.82 Å². The standard InChI is InChI=1S/C6H10N6S/c1-12-3-2-8-5(12)4-9-11-6(13)10-7/h2-4H,7H2,1H3,(H2,10,11,13)/b9-4+. The topological polar surface area (TPSA) is 80.3 Å². The molecule has 0 spiro atoms. The van der Waals surface area contributed by atoms with E-state index in [1.54, 1.807) is 12.4 Å². The minimum Gasteiger partial charge on any atom is -0.333 e. The molecule has 0 bridgehead atoms. The van der Waals surface area contributed by atoms with E-state index in [4.69, 9.17) is 18.1 Å². The summed E-state index contributed by atoms with van der Waals surface area (Å²) >= 11 is 4.69. The first-order valence-corrected chi connectivity index (χ1v) is 3.92. The molecule has 1 heterocycles. The first-order chi connectivity index (χ1) is 6.24. The molecule has 0 unspecified atom stereocenters. The van der Waals surface area contributed by atoms with Crippen molar-refractivity contribution >= 4 is 23.5 Å². The van der Waals surface area contributed by atoms with Gasteiger partial charge in [0.15, 0.2) is 5.82 Å². The first kappa shape index (κ1) is 9.62. The zero-order valence-electron chi connectivity index (χ0n) is 7.06. The van der Waals surface area contributed by atoms with E-state index in [0.29, 0.717) is 0 Å². The molecule has 6 nitrogen and oxygen atoms in total. The molecule has 0 amide bonds. The summed E-state index contributed by atoms with van der Waals surface area (Å²) < 4.78 is 1.82. The largest absolute Gasteiger partial charge is 0.333 e. The fraction of sp³-hybridized carbons (Fsp3) is 0.167. The minimum atomic E-state index is 0.255. The third-order valence-electron chi connectivity index (χ3n) is 1.34. The van der Waals surface area contributed by atoms with Gasteiger partial charge in [-0.15, -0.1) is 0 Å². The lowest BCUT2D eigenvalue weighted by atomic mass is 10.7. The number of thiocarbonyl (C=S) groups is 1. The van der Waals surface area contributed by atoms with Crippen LogP contribution in [0.25, 0.3) is 0 Å². The smallest absolute Gasteiger partial charge is 0.201 e. The number of nitrogens with one attached hydrogen (secondary N) is 2. The number of hydrogen-bond acceptors (Lipinski definition) is 4. The van der Waals surface area contributed by atoms with Crippen molar-refractivity contribution in [3.05, 3.63) is 18.2 Å². The van der Waals surface area contributed by atoms with Crippen LogP contribution in [-0.4, -0.2) is 20.9 Å². The summed E-state index contributed by atoms with van der Waals surface area (Å²) in [5.74, 6) is 5.74. The average molecular weight is 198 g/mol. The predicted octanol–water partition coefficient (Wildman–Crippen LogP) is -0.908. The van der Waals surface area contributed by atoms with E-state index in [1.807, 2.05) is 17.8 Å². The van der Waals surface area contributed by atoms with Crippen molar-refractivity contribution in [3.8, 4) is 0 Å². The second-order valence-corrected chi connectivity index (χ2v) is 2.65. The van der Waals surface area contributed by atoms with Crippen molar-refractivity contribution in [2.75, 3.05) is 0 Å². The summed E-state index contributed by atoms with van der Waals surface area (Å²) in [4.78, 5) is 4.02. The molecular formula is C6H10N6S.